The lowest BCUT2D eigenvalue weighted by molar-refractivity contribution is -0.160. The van der Waals surface area contributed by atoms with Gasteiger partial charge in [0, 0.05) is 101 Å². The lowest BCUT2D eigenvalue weighted by Crippen LogP contribution is -2.47. The van der Waals surface area contributed by atoms with Gasteiger partial charge in [-0.3, -0.25) is 34.1 Å². The maximum absolute atomic E-state index is 14.9. The molecule has 0 aromatic heterocycles. The van der Waals surface area contributed by atoms with E-state index >= 15 is 0 Å². The fourth-order valence-corrected chi connectivity index (χ4v) is 10.5. The van der Waals surface area contributed by atoms with Crippen LogP contribution < -0.4 is 26.1 Å². The molecule has 0 aliphatic carbocycles. The van der Waals surface area contributed by atoms with Crippen molar-refractivity contribution < 1.29 is 44.0 Å². The van der Waals surface area contributed by atoms with Gasteiger partial charge in [-0.05, 0) is 63.8 Å². The predicted molar refractivity (Wildman–Crippen MR) is 276 cm³/mol. The van der Waals surface area contributed by atoms with Crippen molar-refractivity contribution in [2.24, 2.45) is 39.6 Å². The highest BCUT2D eigenvalue weighted by Gasteiger charge is 2.40. The molecule has 7 rings (SSSR count). The van der Waals surface area contributed by atoms with Crippen LogP contribution in [0.3, 0.4) is 0 Å². The molecule has 1 spiro atoms. The fraction of sp³-hybridized carbons (Fsp3) is 0.636. The number of allylic oxidation sites excluding steroid dienone is 5. The molecule has 5 heterocycles. The molecule has 0 radical (unpaired) electrons. The van der Waals surface area contributed by atoms with Crippen molar-refractivity contribution >= 4 is 40.0 Å². The zero-order valence-corrected chi connectivity index (χ0v) is 44.0. The number of aliphatic hydroxyl groups excluding tert-OH is 1. The van der Waals surface area contributed by atoms with E-state index in [1.54, 1.807) is 32.1 Å². The first-order valence-electron chi connectivity index (χ1n) is 26.0. The molecule has 71 heavy (non-hydrogen) atoms. The molecule has 16 heteroatoms. The summed E-state index contributed by atoms with van der Waals surface area (Å²) >= 11 is 0. The number of carbonyl (C=O) groups is 4. The van der Waals surface area contributed by atoms with E-state index in [9.17, 15) is 34.5 Å². The first-order chi connectivity index (χ1) is 33.7. The summed E-state index contributed by atoms with van der Waals surface area (Å²) in [5, 5.41) is 42.6. The van der Waals surface area contributed by atoms with Crippen molar-refractivity contribution in [2.75, 3.05) is 77.9 Å². The second kappa shape index (κ2) is 24.5. The van der Waals surface area contributed by atoms with E-state index in [0.717, 1.165) is 45.8 Å². The van der Waals surface area contributed by atoms with Crippen molar-refractivity contribution in [3.05, 3.63) is 57.8 Å². The Labute approximate surface area is 420 Å². The molecular formula is C55H81N7O9. The minimum Gasteiger partial charge on any atom is -0.507 e. The number of aliphatic hydroxyl groups is 1. The van der Waals surface area contributed by atoms with Crippen LogP contribution in [0.25, 0.3) is 10.8 Å². The number of nitrogens with zero attached hydrogens (tertiary/aromatic N) is 5. The molecule has 5 aliphatic rings. The first-order valence-corrected chi connectivity index (χ1v) is 26.0. The van der Waals surface area contributed by atoms with Crippen molar-refractivity contribution in [3.63, 3.8) is 0 Å². The topological polar surface area (TPSA) is 206 Å². The van der Waals surface area contributed by atoms with Gasteiger partial charge in [-0.1, -0.05) is 78.8 Å². The van der Waals surface area contributed by atoms with E-state index in [-0.39, 0.29) is 81.0 Å². The van der Waals surface area contributed by atoms with Crippen molar-refractivity contribution in [2.45, 2.75) is 125 Å². The van der Waals surface area contributed by atoms with Gasteiger partial charge in [0.2, 0.25) is 5.91 Å². The number of hydrogen-bond donors (Lipinski definition) is 5. The number of likely N-dealkylation sites (N-methyl/N-ethyl adjacent to an activating group) is 1. The van der Waals surface area contributed by atoms with Gasteiger partial charge in [-0.25, -0.2) is 0 Å². The van der Waals surface area contributed by atoms with Crippen LogP contribution in [-0.2, 0) is 19.1 Å². The molecule has 2 fully saturated rings. The smallest absolute Gasteiger partial charge is 0.315 e. The number of rotatable bonds is 11. The van der Waals surface area contributed by atoms with Crippen LogP contribution in [0, 0.1) is 36.5 Å². The zero-order valence-electron chi connectivity index (χ0n) is 44.0. The number of benzene rings is 2. The van der Waals surface area contributed by atoms with Gasteiger partial charge >= 0.3 is 5.97 Å². The Morgan fingerprint density at radius 2 is 1.62 bits per heavy atom. The monoisotopic (exact) mass is 984 g/mol. The second-order valence-electron chi connectivity index (χ2n) is 21.3. The average Bonchev–Trinajstić information content (AvgIpc) is 3.69. The number of aromatic hydroxyl groups is 2. The quantitative estimate of drug-likeness (QED) is 0.0763. The third-order valence-electron chi connectivity index (χ3n) is 14.7. The van der Waals surface area contributed by atoms with Crippen LogP contribution in [0.15, 0.2) is 45.9 Å². The summed E-state index contributed by atoms with van der Waals surface area (Å²) in [5.41, 5.74) is -0.191. The lowest BCUT2D eigenvalue weighted by Gasteiger charge is -2.36. The second-order valence-corrected chi connectivity index (χ2v) is 21.3. The van der Waals surface area contributed by atoms with Crippen molar-refractivity contribution in [3.8, 4) is 17.2 Å². The number of phenolic OH excluding ortho intramolecular Hbond substituents is 2. The van der Waals surface area contributed by atoms with Crippen molar-refractivity contribution in [1.82, 2.24) is 20.0 Å². The number of Topliss-reactive ketones (excluding diaryl/α,β-unsaturated/α-hetero) is 1. The van der Waals surface area contributed by atoms with E-state index in [2.05, 4.69) is 46.2 Å². The Kier molecular flexibility index (Phi) is 19.0. The van der Waals surface area contributed by atoms with Gasteiger partial charge in [0.1, 0.15) is 35.1 Å². The van der Waals surface area contributed by atoms with Gasteiger partial charge in [0.25, 0.3) is 5.91 Å². The van der Waals surface area contributed by atoms with E-state index in [0.29, 0.717) is 62.0 Å². The molecule has 0 unspecified atom stereocenters. The minimum absolute atomic E-state index is 0.00413. The number of piperazine rings is 1. The average molecular weight is 984 g/mol. The highest BCUT2D eigenvalue weighted by Crippen LogP contribution is 2.46. The molecule has 2 aromatic carbocycles. The Balaban J connectivity index is 1.38. The molecule has 5 aliphatic heterocycles. The standard InChI is InChI=1S/C55H81N7O9/c1-11-29-70-53-39(9)50(67)45-44-43(53)40(63)18-13-12-16-35(5)52(71-42(65)31-41(64)56-21-24-61-27-25-60(10)26-28-61)38(8)49(66)37(7)30-34(4)15-14-17-36(6)54(69)57-48(51(45)68)47-46(44)58-55(59-47)19-22-62(23-20-55)32-33(2)3/h12-15,17,33-35,37-38,49,52,66-68H,11,16,18-32H2,1-10H3,(H,56,64)(H,57,69)/b13-12+,15-14+,36-17-/t34-,35+,37+,38+,49+,52+/m0/s1. The van der Waals surface area contributed by atoms with Gasteiger partial charge in [0.05, 0.1) is 29.0 Å². The zero-order chi connectivity index (χ0) is 51.7. The van der Waals surface area contributed by atoms with Gasteiger partial charge in [-0.15, -0.1) is 0 Å². The van der Waals surface area contributed by atoms with Crippen molar-refractivity contribution in [1.29, 1.82) is 0 Å². The highest BCUT2D eigenvalue weighted by atomic mass is 16.5. The molecule has 390 valence electrons. The number of ether oxygens (including phenoxy) is 2. The number of fused-ring (bicyclic) bond motifs is 14. The number of nitrogens with one attached hydrogen (secondary N) is 2. The summed E-state index contributed by atoms with van der Waals surface area (Å²) < 4.78 is 12.4. The van der Waals surface area contributed by atoms with Crippen LogP contribution in [-0.4, -0.2) is 144 Å². The Morgan fingerprint density at radius 3 is 2.30 bits per heavy atom. The molecular weight excluding hydrogens is 903 g/mol. The number of likely N-dealkylation sites (tertiary alicyclic amines) is 1. The molecule has 16 nitrogen and oxygen atoms in total. The molecule has 6 atom stereocenters. The molecule has 2 saturated heterocycles. The molecule has 2 aromatic rings. The Hall–Kier alpha value is -5.16. The van der Waals surface area contributed by atoms with E-state index < -0.39 is 53.7 Å². The number of hydrogen-bond acceptors (Lipinski definition) is 14. The number of amides is 2. The van der Waals surface area contributed by atoms with Crippen LogP contribution in [0.4, 0.5) is 5.69 Å². The predicted octanol–water partition coefficient (Wildman–Crippen LogP) is 5.98. The summed E-state index contributed by atoms with van der Waals surface area (Å²) in [7, 11) is 2.09. The van der Waals surface area contributed by atoms with Crippen LogP contribution in [0.2, 0.25) is 0 Å². The summed E-state index contributed by atoms with van der Waals surface area (Å²) in [6.07, 6.45) is 9.54. The lowest BCUT2D eigenvalue weighted by atomic mass is 9.80. The number of ketones is 1. The summed E-state index contributed by atoms with van der Waals surface area (Å²) in [4.78, 5) is 72.9. The summed E-state index contributed by atoms with van der Waals surface area (Å²) in [6, 6.07) is 0. The number of carbonyl (C=O) groups excluding carboxylic acids is 4. The number of phenols is 2. The van der Waals surface area contributed by atoms with Crippen LogP contribution >= 0.6 is 0 Å². The van der Waals surface area contributed by atoms with E-state index in [1.807, 2.05) is 46.8 Å². The van der Waals surface area contributed by atoms with E-state index in [1.165, 1.54) is 0 Å². The normalized spacial score (nSPS) is 26.8. The highest BCUT2D eigenvalue weighted by molar-refractivity contribution is 6.16. The molecule has 0 saturated carbocycles. The summed E-state index contributed by atoms with van der Waals surface area (Å²) in [5.74, 6) is -3.13. The maximum Gasteiger partial charge on any atom is 0.315 e. The number of esters is 1. The van der Waals surface area contributed by atoms with Gasteiger partial charge in [0.15, 0.2) is 17.2 Å². The number of anilines is 1. The fourth-order valence-electron chi connectivity index (χ4n) is 10.5. The largest absolute Gasteiger partial charge is 0.507 e. The molecule has 2 amide bonds. The molecule has 4 bridgehead atoms. The van der Waals surface area contributed by atoms with Crippen LogP contribution in [0.1, 0.15) is 116 Å². The Morgan fingerprint density at radius 1 is 0.930 bits per heavy atom. The first kappa shape index (κ1) is 55.2. The number of piperidine rings is 1. The van der Waals surface area contributed by atoms with E-state index in [4.69, 9.17) is 19.5 Å². The third kappa shape index (κ3) is 13.5. The molecule has 5 N–H and O–H groups in total. The van der Waals surface area contributed by atoms with Gasteiger partial charge in [-0.2, -0.15) is 0 Å². The maximum atomic E-state index is 14.9. The van der Waals surface area contributed by atoms with Crippen LogP contribution in [0.5, 0.6) is 17.2 Å². The Bertz CT molecular complexity index is 2490. The summed E-state index contributed by atoms with van der Waals surface area (Å²) in [6.45, 7) is 24.9. The third-order valence-corrected chi connectivity index (χ3v) is 14.7. The SMILES string of the molecule is CCCOc1c(C)c(O)c2c(O)c3c4c(c2c1C(=O)C/C=C/C[C@@H](C)[C@@H](OC(=O)CC(=O)NCCN1CCN(C)CC1)[C@H](C)[C@H](O)[C@H](C)C[C@@H](C)/C=C/C=C(/C)C(=O)N3)=NC1(CCN(CC(C)C)CC1)N=4. The van der Waals surface area contributed by atoms with Gasteiger partial charge < -0.3 is 45.2 Å². The minimum atomic E-state index is -0.928.